The predicted octanol–water partition coefficient (Wildman–Crippen LogP) is 2.00. The van der Waals surface area contributed by atoms with Gasteiger partial charge in [0.05, 0.1) is 22.0 Å². The van der Waals surface area contributed by atoms with Gasteiger partial charge in [-0.3, -0.25) is 9.62 Å². The Morgan fingerprint density at radius 2 is 1.74 bits per heavy atom. The van der Waals surface area contributed by atoms with Gasteiger partial charge >= 0.3 is 12.2 Å². The van der Waals surface area contributed by atoms with Crippen molar-refractivity contribution in [2.75, 3.05) is 37.2 Å². The van der Waals surface area contributed by atoms with Crippen molar-refractivity contribution in [3.8, 4) is 0 Å². The minimum absolute atomic E-state index is 0.00573. The zero-order valence-corrected chi connectivity index (χ0v) is 20.3. The Kier molecular flexibility index (Phi) is 6.61. The molecule has 1 amide bonds. The van der Waals surface area contributed by atoms with Crippen molar-refractivity contribution < 1.29 is 34.8 Å². The molecule has 0 radical (unpaired) electrons. The fourth-order valence-electron chi connectivity index (χ4n) is 3.84. The third kappa shape index (κ3) is 5.95. The van der Waals surface area contributed by atoms with Crippen molar-refractivity contribution in [1.29, 1.82) is 0 Å². The molecule has 1 aromatic heterocycles. The van der Waals surface area contributed by atoms with Crippen molar-refractivity contribution in [2.45, 2.75) is 35.7 Å². The number of sulfone groups is 1. The molecule has 4 rings (SSSR count). The molecule has 0 unspecified atom stereocenters. The highest BCUT2D eigenvalue weighted by molar-refractivity contribution is 7.92. The normalized spacial score (nSPS) is 18.0. The van der Waals surface area contributed by atoms with Crippen LogP contribution in [0.15, 0.2) is 35.4 Å². The smallest absolute Gasteiger partial charge is 0.320 e. The summed E-state index contributed by atoms with van der Waals surface area (Å²) in [6, 6.07) is 3.72. The second-order valence-electron chi connectivity index (χ2n) is 8.63. The first-order chi connectivity index (χ1) is 16.2. The summed E-state index contributed by atoms with van der Waals surface area (Å²) in [4.78, 5) is 15.8. The lowest BCUT2D eigenvalue weighted by molar-refractivity contribution is -0.137. The van der Waals surface area contributed by atoms with Crippen LogP contribution in [0.2, 0.25) is 0 Å². The van der Waals surface area contributed by atoms with Crippen LogP contribution in [0.5, 0.6) is 0 Å². The average molecular weight is 536 g/mol. The molecule has 15 heteroatoms. The van der Waals surface area contributed by atoms with Crippen molar-refractivity contribution in [2.24, 2.45) is 0 Å². The fraction of sp³-hybridized carbons (Fsp3) is 0.500. The Hall–Kier alpha value is -2.65. The maximum absolute atomic E-state index is 13.2. The van der Waals surface area contributed by atoms with Crippen LogP contribution in [-0.2, 0) is 32.6 Å². The van der Waals surface area contributed by atoms with E-state index < -0.39 is 42.9 Å². The van der Waals surface area contributed by atoms with Crippen LogP contribution in [0.1, 0.15) is 24.0 Å². The number of benzene rings is 1. The number of rotatable bonds is 6. The van der Waals surface area contributed by atoms with Crippen LogP contribution in [-0.4, -0.2) is 80.1 Å². The molecule has 192 valence electrons. The highest BCUT2D eigenvalue weighted by Crippen LogP contribution is 2.38. The van der Waals surface area contributed by atoms with Crippen molar-refractivity contribution in [3.05, 3.63) is 41.6 Å². The Morgan fingerprint density at radius 1 is 1.09 bits per heavy atom. The van der Waals surface area contributed by atoms with Gasteiger partial charge in [0.2, 0.25) is 10.0 Å². The van der Waals surface area contributed by atoms with Crippen LogP contribution < -0.4 is 4.72 Å². The molecule has 1 saturated carbocycles. The Labute approximate surface area is 200 Å². The summed E-state index contributed by atoms with van der Waals surface area (Å²) in [6.45, 7) is 1.42. The van der Waals surface area contributed by atoms with Crippen LogP contribution in [0.25, 0.3) is 0 Å². The van der Waals surface area contributed by atoms with E-state index in [2.05, 4.69) is 9.82 Å². The van der Waals surface area contributed by atoms with Crippen molar-refractivity contribution in [3.63, 3.8) is 0 Å². The number of carbonyl (C=O) groups excluding carboxylic acids is 1. The summed E-state index contributed by atoms with van der Waals surface area (Å²) in [5, 5.41) is 3.27. The maximum Gasteiger partial charge on any atom is 0.416 e. The molecule has 0 spiro atoms. The highest BCUT2D eigenvalue weighted by Gasteiger charge is 2.40. The molecule has 2 heterocycles. The van der Waals surface area contributed by atoms with E-state index in [0.717, 1.165) is 23.1 Å². The second-order valence-corrected chi connectivity index (χ2v) is 12.6. The molecule has 10 nitrogen and oxygen atoms in total. The summed E-state index contributed by atoms with van der Waals surface area (Å²) in [5.41, 5.74) is -0.701. The first kappa shape index (κ1) is 25.4. The first-order valence-electron chi connectivity index (χ1n) is 10.7. The lowest BCUT2D eigenvalue weighted by Gasteiger charge is -2.34. The molecular formula is C20H24F3N5O5S2. The predicted molar refractivity (Wildman–Crippen MR) is 120 cm³/mol. The van der Waals surface area contributed by atoms with E-state index in [1.807, 2.05) is 4.90 Å². The number of nitrogens with one attached hydrogen (secondary N) is 1. The van der Waals surface area contributed by atoms with E-state index in [1.54, 1.807) is 0 Å². The number of halogens is 3. The van der Waals surface area contributed by atoms with E-state index >= 15 is 0 Å². The molecule has 0 atom stereocenters. The molecule has 2 aliphatic rings. The molecule has 2 fully saturated rings. The third-order valence-corrected chi connectivity index (χ3v) is 8.70. The lowest BCUT2D eigenvalue weighted by Crippen LogP contribution is -2.49. The second kappa shape index (κ2) is 9.09. The summed E-state index contributed by atoms with van der Waals surface area (Å²) in [6.07, 6.45) is -1.48. The standard InChI is InChI=1S/C20H24F3N5O5S2/c1-34(30,31)25-18-6-7-28(24-18)19(29)27-10-8-26(9-11-27)13-14-2-3-15(20(21,22)23)12-17(14)35(32,33)16-4-5-16/h2-3,6-7,12,16H,4-5,8-11,13H2,1H3,(H,24,25). The van der Waals surface area contributed by atoms with Gasteiger partial charge in [-0.1, -0.05) is 6.07 Å². The first-order valence-corrected chi connectivity index (χ1v) is 14.2. The zero-order chi connectivity index (χ0) is 25.6. The van der Waals surface area contributed by atoms with Gasteiger partial charge in [-0.2, -0.15) is 17.9 Å². The van der Waals surface area contributed by atoms with E-state index in [4.69, 9.17) is 0 Å². The monoisotopic (exact) mass is 535 g/mol. The van der Waals surface area contributed by atoms with Gasteiger partial charge in [0.25, 0.3) is 0 Å². The lowest BCUT2D eigenvalue weighted by atomic mass is 10.1. The Bertz CT molecular complexity index is 1330. The van der Waals surface area contributed by atoms with Crippen LogP contribution in [0.3, 0.4) is 0 Å². The van der Waals surface area contributed by atoms with Gasteiger partial charge in [0.15, 0.2) is 15.7 Å². The van der Waals surface area contributed by atoms with Crippen LogP contribution in [0.4, 0.5) is 23.8 Å². The summed E-state index contributed by atoms with van der Waals surface area (Å²) in [5.74, 6) is 0.00573. The topological polar surface area (TPSA) is 122 Å². The molecule has 2 aromatic rings. The van der Waals surface area contributed by atoms with Crippen molar-refractivity contribution in [1.82, 2.24) is 19.6 Å². The summed E-state index contributed by atoms with van der Waals surface area (Å²) in [7, 11) is -7.39. The van der Waals surface area contributed by atoms with E-state index in [-0.39, 0.29) is 30.3 Å². The number of hydrogen-bond acceptors (Lipinski definition) is 7. The molecule has 1 aliphatic carbocycles. The van der Waals surface area contributed by atoms with E-state index in [9.17, 15) is 34.8 Å². The largest absolute Gasteiger partial charge is 0.416 e. The van der Waals surface area contributed by atoms with E-state index in [0.29, 0.717) is 31.5 Å². The van der Waals surface area contributed by atoms with Gasteiger partial charge in [0.1, 0.15) is 0 Å². The van der Waals surface area contributed by atoms with E-state index in [1.165, 1.54) is 23.2 Å². The molecule has 0 bridgehead atoms. The molecule has 1 aromatic carbocycles. The molecular weight excluding hydrogens is 511 g/mol. The van der Waals surface area contributed by atoms with Gasteiger partial charge in [-0.25, -0.2) is 21.6 Å². The van der Waals surface area contributed by atoms with Crippen LogP contribution >= 0.6 is 0 Å². The number of hydrogen-bond donors (Lipinski definition) is 1. The maximum atomic E-state index is 13.2. The summed E-state index contributed by atoms with van der Waals surface area (Å²) < 4.78 is 91.1. The minimum atomic E-state index is -4.65. The fourth-order valence-corrected chi connectivity index (χ4v) is 6.24. The number of aromatic nitrogens is 2. The number of carbonyl (C=O) groups is 1. The molecule has 35 heavy (non-hydrogen) atoms. The zero-order valence-electron chi connectivity index (χ0n) is 18.7. The Morgan fingerprint density at radius 3 is 2.31 bits per heavy atom. The average Bonchev–Trinajstić information content (AvgIpc) is 3.53. The SMILES string of the molecule is CS(=O)(=O)Nc1ccn(C(=O)N2CCN(Cc3ccc(C(F)(F)F)cc3S(=O)(=O)C3CC3)CC2)n1. The summed E-state index contributed by atoms with van der Waals surface area (Å²) >= 11 is 0. The molecule has 1 N–H and O–H groups in total. The van der Waals surface area contributed by atoms with Crippen LogP contribution in [0, 0.1) is 0 Å². The van der Waals surface area contributed by atoms with Crippen molar-refractivity contribution >= 4 is 31.7 Å². The van der Waals surface area contributed by atoms with Gasteiger partial charge in [0, 0.05) is 45.0 Å². The number of nitrogens with zero attached hydrogens (tertiary/aromatic N) is 4. The number of anilines is 1. The Balaban J connectivity index is 1.44. The number of amides is 1. The highest BCUT2D eigenvalue weighted by atomic mass is 32.2. The minimum Gasteiger partial charge on any atom is -0.320 e. The molecule has 1 saturated heterocycles. The third-order valence-electron chi connectivity index (χ3n) is 5.78. The van der Waals surface area contributed by atoms with Gasteiger partial charge in [-0.05, 0) is 30.5 Å². The number of piperazine rings is 1. The quantitative estimate of drug-likeness (QED) is 0.601. The van der Waals surface area contributed by atoms with Gasteiger partial charge in [-0.15, -0.1) is 5.10 Å². The molecule has 1 aliphatic heterocycles. The number of alkyl halides is 3. The number of sulfonamides is 1. The van der Waals surface area contributed by atoms with Gasteiger partial charge < -0.3 is 4.90 Å².